The third-order valence-electron chi connectivity index (χ3n) is 3.36. The molecule has 3 heteroatoms. The van der Waals surface area contributed by atoms with Gasteiger partial charge in [-0.1, -0.05) is 48.9 Å². The van der Waals surface area contributed by atoms with Gasteiger partial charge in [0.1, 0.15) is 12.4 Å². The molecule has 0 aliphatic carbocycles. The number of nitrogens with one attached hydrogen (secondary N) is 1. The van der Waals surface area contributed by atoms with E-state index in [2.05, 4.69) is 18.3 Å². The Bertz CT molecular complexity index is 535. The maximum absolute atomic E-state index is 5.96. The highest BCUT2D eigenvalue weighted by molar-refractivity contribution is 6.30. The summed E-state index contributed by atoms with van der Waals surface area (Å²) in [5, 5.41) is 4.06. The summed E-state index contributed by atoms with van der Waals surface area (Å²) in [6, 6.07) is 16.2. The molecular formula is C17H20ClNO. The van der Waals surface area contributed by atoms with Crippen molar-refractivity contribution in [2.24, 2.45) is 0 Å². The molecule has 0 aliphatic heterocycles. The van der Waals surface area contributed by atoms with Gasteiger partial charge in [-0.25, -0.2) is 0 Å². The summed E-state index contributed by atoms with van der Waals surface area (Å²) in [4.78, 5) is 0. The van der Waals surface area contributed by atoms with Crippen molar-refractivity contribution < 1.29 is 4.74 Å². The molecule has 106 valence electrons. The number of rotatable bonds is 6. The SMILES string of the molecule is CCC(NC)c1ccccc1OCc1ccc(Cl)cc1. The van der Waals surface area contributed by atoms with Gasteiger partial charge < -0.3 is 10.1 Å². The van der Waals surface area contributed by atoms with Crippen LogP contribution in [0.1, 0.15) is 30.5 Å². The molecule has 2 aromatic rings. The van der Waals surface area contributed by atoms with Crippen molar-refractivity contribution in [3.05, 3.63) is 64.7 Å². The fourth-order valence-corrected chi connectivity index (χ4v) is 2.35. The molecule has 0 aliphatic rings. The molecular weight excluding hydrogens is 270 g/mol. The van der Waals surface area contributed by atoms with Crippen molar-refractivity contribution in [3.63, 3.8) is 0 Å². The lowest BCUT2D eigenvalue weighted by molar-refractivity contribution is 0.299. The van der Waals surface area contributed by atoms with Gasteiger partial charge in [0.15, 0.2) is 0 Å². The molecule has 0 radical (unpaired) electrons. The summed E-state index contributed by atoms with van der Waals surface area (Å²) < 4.78 is 5.96. The minimum Gasteiger partial charge on any atom is -0.489 e. The Morgan fingerprint density at radius 3 is 2.45 bits per heavy atom. The Labute approximate surface area is 125 Å². The lowest BCUT2D eigenvalue weighted by atomic mass is 10.0. The van der Waals surface area contributed by atoms with Crippen LogP contribution < -0.4 is 10.1 Å². The summed E-state index contributed by atoms with van der Waals surface area (Å²) >= 11 is 5.88. The van der Waals surface area contributed by atoms with Crippen molar-refractivity contribution in [1.29, 1.82) is 0 Å². The summed E-state index contributed by atoms with van der Waals surface area (Å²) in [6.07, 6.45) is 1.03. The molecule has 0 spiro atoms. The van der Waals surface area contributed by atoms with Gasteiger partial charge in [-0.3, -0.25) is 0 Å². The molecule has 0 fully saturated rings. The smallest absolute Gasteiger partial charge is 0.124 e. The first kappa shape index (κ1) is 14.9. The Hall–Kier alpha value is -1.51. The summed E-state index contributed by atoms with van der Waals surface area (Å²) in [5.74, 6) is 0.934. The van der Waals surface area contributed by atoms with Gasteiger partial charge in [0.2, 0.25) is 0 Å². The molecule has 1 N–H and O–H groups in total. The van der Waals surface area contributed by atoms with E-state index in [0.29, 0.717) is 12.6 Å². The number of para-hydroxylation sites is 1. The van der Waals surface area contributed by atoms with Crippen LogP contribution in [0.15, 0.2) is 48.5 Å². The van der Waals surface area contributed by atoms with Crippen molar-refractivity contribution in [2.75, 3.05) is 7.05 Å². The van der Waals surface area contributed by atoms with E-state index < -0.39 is 0 Å². The first-order valence-electron chi connectivity index (χ1n) is 6.88. The molecule has 0 heterocycles. The molecule has 1 unspecified atom stereocenters. The van der Waals surface area contributed by atoms with Crippen molar-refractivity contribution in [2.45, 2.75) is 26.0 Å². The van der Waals surface area contributed by atoms with Gasteiger partial charge in [0.25, 0.3) is 0 Å². The molecule has 0 bridgehead atoms. The molecule has 0 saturated carbocycles. The minimum absolute atomic E-state index is 0.316. The fraction of sp³-hybridized carbons (Fsp3) is 0.294. The van der Waals surface area contributed by atoms with Gasteiger partial charge in [0, 0.05) is 16.6 Å². The summed E-state index contributed by atoms with van der Waals surface area (Å²) in [6.45, 7) is 2.71. The van der Waals surface area contributed by atoms with Crippen LogP contribution in [0.4, 0.5) is 0 Å². The third kappa shape index (κ3) is 3.75. The van der Waals surface area contributed by atoms with Gasteiger partial charge in [-0.15, -0.1) is 0 Å². The standard InChI is InChI=1S/C17H20ClNO/c1-3-16(19-2)15-6-4-5-7-17(15)20-12-13-8-10-14(18)11-9-13/h4-11,16,19H,3,12H2,1-2H3. The second kappa shape index (κ2) is 7.32. The minimum atomic E-state index is 0.316. The lowest BCUT2D eigenvalue weighted by Gasteiger charge is -2.18. The number of ether oxygens (including phenoxy) is 1. The maximum atomic E-state index is 5.96. The van der Waals surface area contributed by atoms with Crippen molar-refractivity contribution in [3.8, 4) is 5.75 Å². The Morgan fingerprint density at radius 2 is 1.80 bits per heavy atom. The van der Waals surface area contributed by atoms with Crippen LogP contribution >= 0.6 is 11.6 Å². The molecule has 0 amide bonds. The molecule has 2 rings (SSSR count). The molecule has 2 aromatic carbocycles. The zero-order valence-corrected chi connectivity index (χ0v) is 12.7. The molecule has 2 nitrogen and oxygen atoms in total. The van der Waals surface area contributed by atoms with Crippen LogP contribution in [-0.4, -0.2) is 7.05 Å². The van der Waals surface area contributed by atoms with E-state index in [1.807, 2.05) is 49.5 Å². The van der Waals surface area contributed by atoms with Gasteiger partial charge in [-0.2, -0.15) is 0 Å². The average molecular weight is 290 g/mol. The first-order valence-corrected chi connectivity index (χ1v) is 7.25. The quantitative estimate of drug-likeness (QED) is 0.840. The van der Waals surface area contributed by atoms with Crippen LogP contribution in [0.2, 0.25) is 5.02 Å². The summed E-state index contributed by atoms with van der Waals surface area (Å²) in [5.41, 5.74) is 2.31. The van der Waals surface area contributed by atoms with E-state index in [0.717, 1.165) is 22.8 Å². The van der Waals surface area contributed by atoms with E-state index in [-0.39, 0.29) is 0 Å². The van der Waals surface area contributed by atoms with Crippen molar-refractivity contribution in [1.82, 2.24) is 5.32 Å². The van der Waals surface area contributed by atoms with Crippen molar-refractivity contribution >= 4 is 11.6 Å². The highest BCUT2D eigenvalue weighted by atomic mass is 35.5. The average Bonchev–Trinajstić information content (AvgIpc) is 2.49. The predicted octanol–water partition coefficient (Wildman–Crippen LogP) is 4.59. The van der Waals surface area contributed by atoms with E-state index >= 15 is 0 Å². The summed E-state index contributed by atoms with van der Waals surface area (Å²) in [7, 11) is 1.98. The maximum Gasteiger partial charge on any atom is 0.124 e. The van der Waals surface area contributed by atoms with E-state index in [4.69, 9.17) is 16.3 Å². The second-order valence-corrected chi connectivity index (χ2v) is 5.14. The van der Waals surface area contributed by atoms with Crippen LogP contribution in [0.5, 0.6) is 5.75 Å². The van der Waals surface area contributed by atoms with E-state index in [9.17, 15) is 0 Å². The lowest BCUT2D eigenvalue weighted by Crippen LogP contribution is -2.16. The van der Waals surface area contributed by atoms with Gasteiger partial charge in [-0.05, 0) is 37.2 Å². The molecule has 1 atom stereocenters. The monoisotopic (exact) mass is 289 g/mol. The topological polar surface area (TPSA) is 21.3 Å². The van der Waals surface area contributed by atoms with E-state index in [1.54, 1.807) is 0 Å². The first-order chi connectivity index (χ1) is 9.74. The molecule has 20 heavy (non-hydrogen) atoms. The highest BCUT2D eigenvalue weighted by Crippen LogP contribution is 2.27. The molecule has 0 saturated heterocycles. The van der Waals surface area contributed by atoms with E-state index in [1.165, 1.54) is 5.56 Å². The normalized spacial score (nSPS) is 12.2. The van der Waals surface area contributed by atoms with Gasteiger partial charge >= 0.3 is 0 Å². The van der Waals surface area contributed by atoms with Crippen LogP contribution in [0.3, 0.4) is 0 Å². The van der Waals surface area contributed by atoms with Gasteiger partial charge in [0.05, 0.1) is 0 Å². The van der Waals surface area contributed by atoms with Crippen LogP contribution in [-0.2, 0) is 6.61 Å². The number of benzene rings is 2. The zero-order chi connectivity index (χ0) is 14.4. The van der Waals surface area contributed by atoms with Crippen LogP contribution in [0.25, 0.3) is 0 Å². The Balaban J connectivity index is 2.11. The second-order valence-electron chi connectivity index (χ2n) is 4.70. The fourth-order valence-electron chi connectivity index (χ4n) is 2.22. The third-order valence-corrected chi connectivity index (χ3v) is 3.61. The highest BCUT2D eigenvalue weighted by Gasteiger charge is 2.12. The number of hydrogen-bond acceptors (Lipinski definition) is 2. The predicted molar refractivity (Wildman–Crippen MR) is 84.3 cm³/mol. The zero-order valence-electron chi connectivity index (χ0n) is 11.9. The largest absolute Gasteiger partial charge is 0.489 e. The number of hydrogen-bond donors (Lipinski definition) is 1. The van der Waals surface area contributed by atoms with Crippen LogP contribution in [0, 0.1) is 0 Å². The Kier molecular flexibility index (Phi) is 5.45. The Morgan fingerprint density at radius 1 is 1.10 bits per heavy atom. The number of halogens is 1. The molecule has 0 aromatic heterocycles.